The zero-order valence-electron chi connectivity index (χ0n) is 18.8. The van der Waals surface area contributed by atoms with E-state index in [9.17, 15) is 14.7 Å². The van der Waals surface area contributed by atoms with E-state index in [0.29, 0.717) is 12.8 Å². The van der Waals surface area contributed by atoms with Crippen LogP contribution in [0, 0.1) is 11.3 Å². The van der Waals surface area contributed by atoms with Crippen molar-refractivity contribution >= 4 is 11.9 Å². The molecule has 0 aromatic heterocycles. The first-order chi connectivity index (χ1) is 13.2. The molecule has 0 aromatic rings. The van der Waals surface area contributed by atoms with E-state index in [0.717, 1.165) is 57.8 Å². The summed E-state index contributed by atoms with van der Waals surface area (Å²) in [5, 5.41) is 12.6. The van der Waals surface area contributed by atoms with Gasteiger partial charge in [0.15, 0.2) is 0 Å². The van der Waals surface area contributed by atoms with Gasteiger partial charge in [-0.15, -0.1) is 0 Å². The summed E-state index contributed by atoms with van der Waals surface area (Å²) in [6.07, 6.45) is 9.53. The van der Waals surface area contributed by atoms with E-state index >= 15 is 0 Å². The van der Waals surface area contributed by atoms with Gasteiger partial charge in [0.1, 0.15) is 5.60 Å². The van der Waals surface area contributed by atoms with E-state index in [1.54, 1.807) is 0 Å². The monoisotopic (exact) mass is 397 g/mol. The standard InChI is InChI=1S/C23H43NO4/c1-6-8-12-19(13-16-25)24-21(27)23(14-9-10-15-23)17-18(11-7-2)20(26)28-22(3,4)5/h18-19,25H,6-17H2,1-5H3,(H,24,27)/t18-,19+/m1/s1. The molecule has 164 valence electrons. The van der Waals surface area contributed by atoms with Crippen molar-refractivity contribution in [3.63, 3.8) is 0 Å². The van der Waals surface area contributed by atoms with Crippen LogP contribution in [0.25, 0.3) is 0 Å². The summed E-state index contributed by atoms with van der Waals surface area (Å²) in [7, 11) is 0. The maximum Gasteiger partial charge on any atom is 0.309 e. The van der Waals surface area contributed by atoms with Crippen molar-refractivity contribution in [3.8, 4) is 0 Å². The number of esters is 1. The van der Waals surface area contributed by atoms with Gasteiger partial charge in [-0.05, 0) is 59.3 Å². The van der Waals surface area contributed by atoms with E-state index < -0.39 is 11.0 Å². The Morgan fingerprint density at radius 3 is 2.21 bits per heavy atom. The highest BCUT2D eigenvalue weighted by molar-refractivity contribution is 5.84. The third kappa shape index (κ3) is 8.10. The number of carbonyl (C=O) groups excluding carboxylic acids is 2. The highest BCUT2D eigenvalue weighted by atomic mass is 16.6. The molecular formula is C23H43NO4. The fraction of sp³-hybridized carbons (Fsp3) is 0.913. The minimum Gasteiger partial charge on any atom is -0.460 e. The highest BCUT2D eigenvalue weighted by Gasteiger charge is 2.45. The molecule has 0 spiro atoms. The van der Waals surface area contributed by atoms with Crippen molar-refractivity contribution in [1.82, 2.24) is 5.32 Å². The molecule has 0 aliphatic heterocycles. The second-order valence-corrected chi connectivity index (χ2v) is 9.54. The minimum absolute atomic E-state index is 0.0149. The SMILES string of the molecule is CCCC[C@@H](CCO)NC(=O)C1(C[C@@H](CCC)C(=O)OC(C)(C)C)CCCC1. The summed E-state index contributed by atoms with van der Waals surface area (Å²) < 4.78 is 5.66. The summed E-state index contributed by atoms with van der Waals surface area (Å²) >= 11 is 0. The molecule has 28 heavy (non-hydrogen) atoms. The summed E-state index contributed by atoms with van der Waals surface area (Å²) in [5.41, 5.74) is -0.989. The molecule has 2 atom stereocenters. The van der Waals surface area contributed by atoms with Crippen molar-refractivity contribution < 1.29 is 19.4 Å². The maximum absolute atomic E-state index is 13.3. The predicted octanol–water partition coefficient (Wildman–Crippen LogP) is 4.75. The molecule has 1 fully saturated rings. The third-order valence-electron chi connectivity index (χ3n) is 5.78. The van der Waals surface area contributed by atoms with Gasteiger partial charge in [0, 0.05) is 12.6 Å². The Hall–Kier alpha value is -1.10. The van der Waals surface area contributed by atoms with Crippen LogP contribution >= 0.6 is 0 Å². The lowest BCUT2D eigenvalue weighted by Gasteiger charge is -2.34. The topological polar surface area (TPSA) is 75.6 Å². The Morgan fingerprint density at radius 1 is 1.07 bits per heavy atom. The molecule has 5 heteroatoms. The molecule has 0 aromatic carbocycles. The van der Waals surface area contributed by atoms with Gasteiger partial charge in [-0.2, -0.15) is 0 Å². The van der Waals surface area contributed by atoms with Crippen LogP contribution in [0.3, 0.4) is 0 Å². The summed E-state index contributed by atoms with van der Waals surface area (Å²) in [6.45, 7) is 9.95. The number of hydrogen-bond acceptors (Lipinski definition) is 4. The molecule has 0 unspecified atom stereocenters. The largest absolute Gasteiger partial charge is 0.460 e. The number of nitrogens with one attached hydrogen (secondary N) is 1. The molecule has 0 radical (unpaired) electrons. The van der Waals surface area contributed by atoms with Gasteiger partial charge in [0.25, 0.3) is 0 Å². The fourth-order valence-electron chi connectivity index (χ4n) is 4.32. The molecule has 0 bridgehead atoms. The van der Waals surface area contributed by atoms with Gasteiger partial charge >= 0.3 is 5.97 Å². The highest BCUT2D eigenvalue weighted by Crippen LogP contribution is 2.45. The number of ether oxygens (including phenoxy) is 1. The average Bonchev–Trinajstić information content (AvgIpc) is 3.08. The molecule has 0 saturated heterocycles. The zero-order chi connectivity index (χ0) is 21.2. The van der Waals surface area contributed by atoms with Crippen molar-refractivity contribution in [2.75, 3.05) is 6.61 Å². The molecule has 2 N–H and O–H groups in total. The number of unbranched alkanes of at least 4 members (excludes halogenated alkanes) is 1. The van der Waals surface area contributed by atoms with Crippen LogP contribution in [0.15, 0.2) is 0 Å². The van der Waals surface area contributed by atoms with Crippen molar-refractivity contribution in [2.24, 2.45) is 11.3 Å². The first-order valence-corrected chi connectivity index (χ1v) is 11.3. The molecule has 5 nitrogen and oxygen atoms in total. The van der Waals surface area contributed by atoms with Gasteiger partial charge in [0.2, 0.25) is 5.91 Å². The van der Waals surface area contributed by atoms with Crippen LogP contribution in [-0.4, -0.2) is 35.2 Å². The van der Waals surface area contributed by atoms with E-state index in [-0.39, 0.29) is 30.4 Å². The predicted molar refractivity (Wildman–Crippen MR) is 113 cm³/mol. The van der Waals surface area contributed by atoms with E-state index in [4.69, 9.17) is 4.74 Å². The Bertz CT molecular complexity index is 477. The molecule has 1 aliphatic rings. The number of carbonyl (C=O) groups is 2. The molecule has 1 rings (SSSR count). The molecular weight excluding hydrogens is 354 g/mol. The lowest BCUT2D eigenvalue weighted by molar-refractivity contribution is -0.162. The minimum atomic E-state index is -0.513. The Kier molecular flexibility index (Phi) is 10.5. The van der Waals surface area contributed by atoms with Gasteiger partial charge in [0.05, 0.1) is 11.3 Å². The lowest BCUT2D eigenvalue weighted by Crippen LogP contribution is -2.46. The molecule has 0 heterocycles. The number of hydrogen-bond donors (Lipinski definition) is 2. The van der Waals surface area contributed by atoms with Crippen LogP contribution in [-0.2, 0) is 14.3 Å². The summed E-state index contributed by atoms with van der Waals surface area (Å²) in [6, 6.07) is 0.0149. The normalized spacial score (nSPS) is 18.5. The van der Waals surface area contributed by atoms with Crippen LogP contribution in [0.1, 0.15) is 105 Å². The number of amides is 1. The lowest BCUT2D eigenvalue weighted by atomic mass is 9.75. The van der Waals surface area contributed by atoms with Crippen LogP contribution < -0.4 is 5.32 Å². The third-order valence-corrected chi connectivity index (χ3v) is 5.78. The Balaban J connectivity index is 2.91. The number of rotatable bonds is 12. The van der Waals surface area contributed by atoms with Gasteiger partial charge < -0.3 is 15.2 Å². The molecule has 1 saturated carbocycles. The van der Waals surface area contributed by atoms with Crippen molar-refractivity contribution in [3.05, 3.63) is 0 Å². The summed E-state index contributed by atoms with van der Waals surface area (Å²) in [5.74, 6) is -0.337. The van der Waals surface area contributed by atoms with Crippen LogP contribution in [0.2, 0.25) is 0 Å². The van der Waals surface area contributed by atoms with E-state index in [2.05, 4.69) is 19.2 Å². The summed E-state index contributed by atoms with van der Waals surface area (Å²) in [4.78, 5) is 26.1. The van der Waals surface area contributed by atoms with E-state index in [1.165, 1.54) is 0 Å². The number of aliphatic hydroxyl groups excluding tert-OH is 1. The Labute approximate surface area is 172 Å². The Morgan fingerprint density at radius 2 is 1.71 bits per heavy atom. The molecule has 1 aliphatic carbocycles. The zero-order valence-corrected chi connectivity index (χ0v) is 18.8. The first-order valence-electron chi connectivity index (χ1n) is 11.3. The van der Waals surface area contributed by atoms with Crippen molar-refractivity contribution in [1.29, 1.82) is 0 Å². The van der Waals surface area contributed by atoms with Crippen LogP contribution in [0.5, 0.6) is 0 Å². The van der Waals surface area contributed by atoms with Gasteiger partial charge in [-0.1, -0.05) is 46.0 Å². The molecule has 1 amide bonds. The quantitative estimate of drug-likeness (QED) is 0.466. The number of aliphatic hydroxyl groups is 1. The smallest absolute Gasteiger partial charge is 0.309 e. The van der Waals surface area contributed by atoms with E-state index in [1.807, 2.05) is 20.8 Å². The fourth-order valence-corrected chi connectivity index (χ4v) is 4.32. The second kappa shape index (κ2) is 11.8. The first kappa shape index (κ1) is 24.9. The van der Waals surface area contributed by atoms with Crippen LogP contribution in [0.4, 0.5) is 0 Å². The van der Waals surface area contributed by atoms with Gasteiger partial charge in [-0.25, -0.2) is 0 Å². The second-order valence-electron chi connectivity index (χ2n) is 9.54. The maximum atomic E-state index is 13.3. The average molecular weight is 398 g/mol. The van der Waals surface area contributed by atoms with Gasteiger partial charge in [-0.3, -0.25) is 9.59 Å². The van der Waals surface area contributed by atoms with Crippen molar-refractivity contribution in [2.45, 2.75) is 117 Å².